The maximum atomic E-state index is 11.6. The molecule has 27 heavy (non-hydrogen) atoms. The second-order valence-electron chi connectivity index (χ2n) is 7.85. The van der Waals surface area contributed by atoms with Crippen LogP contribution in [0.25, 0.3) is 0 Å². The Morgan fingerprint density at radius 3 is 2.44 bits per heavy atom. The fourth-order valence-corrected chi connectivity index (χ4v) is 4.39. The quantitative estimate of drug-likeness (QED) is 0.599. The van der Waals surface area contributed by atoms with Crippen molar-refractivity contribution in [3.05, 3.63) is 34.9 Å². The van der Waals surface area contributed by atoms with Crippen molar-refractivity contribution in [2.75, 3.05) is 33.7 Å². The summed E-state index contributed by atoms with van der Waals surface area (Å²) in [5, 5.41) is 7.14. The third kappa shape index (κ3) is 4.75. The summed E-state index contributed by atoms with van der Waals surface area (Å²) in [5.74, 6) is 1.60. The summed E-state index contributed by atoms with van der Waals surface area (Å²) in [6, 6.07) is 8.30. The summed E-state index contributed by atoms with van der Waals surface area (Å²) in [6.07, 6.45) is 6.39. The Kier molecular flexibility index (Phi) is 6.64. The number of halogens is 1. The standard InChI is InChI=1S/C21H31ClN4O/c1-23-19(27)14-16-8-12-26(13-9-16)20(24-2)25-15-21(10-3-11-21)17-4-6-18(22)7-5-17/h4-7,16H,3,8-15H2,1-2H3,(H,23,27)(H,24,25). The van der Waals surface area contributed by atoms with Crippen LogP contribution in [0.2, 0.25) is 5.02 Å². The number of rotatable bonds is 5. The van der Waals surface area contributed by atoms with E-state index in [1.54, 1.807) is 7.05 Å². The van der Waals surface area contributed by atoms with Gasteiger partial charge in [0.15, 0.2) is 5.96 Å². The van der Waals surface area contributed by atoms with Gasteiger partial charge in [0, 0.05) is 50.6 Å². The van der Waals surface area contributed by atoms with E-state index in [2.05, 4.69) is 32.7 Å². The number of amides is 1. The molecule has 1 aromatic carbocycles. The van der Waals surface area contributed by atoms with Gasteiger partial charge in [0.05, 0.1) is 0 Å². The molecule has 6 heteroatoms. The molecule has 1 saturated heterocycles. The average Bonchev–Trinajstić information content (AvgIpc) is 2.66. The molecular weight excluding hydrogens is 360 g/mol. The number of carbonyl (C=O) groups excluding carboxylic acids is 1. The lowest BCUT2D eigenvalue weighted by Gasteiger charge is -2.44. The fourth-order valence-electron chi connectivity index (χ4n) is 4.27. The molecule has 1 aliphatic heterocycles. The van der Waals surface area contributed by atoms with E-state index < -0.39 is 0 Å². The van der Waals surface area contributed by atoms with E-state index >= 15 is 0 Å². The van der Waals surface area contributed by atoms with E-state index in [9.17, 15) is 4.79 Å². The maximum Gasteiger partial charge on any atom is 0.220 e. The topological polar surface area (TPSA) is 56.7 Å². The van der Waals surface area contributed by atoms with Gasteiger partial charge in [0.1, 0.15) is 0 Å². The monoisotopic (exact) mass is 390 g/mol. The Morgan fingerprint density at radius 1 is 1.26 bits per heavy atom. The summed E-state index contributed by atoms with van der Waals surface area (Å²) in [4.78, 5) is 18.4. The average molecular weight is 391 g/mol. The number of hydrogen-bond donors (Lipinski definition) is 2. The number of guanidine groups is 1. The van der Waals surface area contributed by atoms with Crippen molar-refractivity contribution in [2.45, 2.75) is 43.9 Å². The molecular formula is C21H31ClN4O. The van der Waals surface area contributed by atoms with Crippen molar-refractivity contribution in [1.29, 1.82) is 0 Å². The van der Waals surface area contributed by atoms with E-state index in [0.717, 1.165) is 43.5 Å². The number of benzene rings is 1. The smallest absolute Gasteiger partial charge is 0.220 e. The summed E-state index contributed by atoms with van der Waals surface area (Å²) < 4.78 is 0. The van der Waals surface area contributed by atoms with Gasteiger partial charge in [-0.15, -0.1) is 0 Å². The molecule has 2 N–H and O–H groups in total. The van der Waals surface area contributed by atoms with Crippen molar-refractivity contribution in [1.82, 2.24) is 15.5 Å². The third-order valence-electron chi connectivity index (χ3n) is 6.23. The highest BCUT2D eigenvalue weighted by atomic mass is 35.5. The molecule has 1 aliphatic carbocycles. The molecule has 0 spiro atoms. The van der Waals surface area contributed by atoms with Crippen molar-refractivity contribution in [3.8, 4) is 0 Å². The number of likely N-dealkylation sites (tertiary alicyclic amines) is 1. The number of nitrogens with zero attached hydrogens (tertiary/aromatic N) is 2. The van der Waals surface area contributed by atoms with Crippen LogP contribution < -0.4 is 10.6 Å². The summed E-state index contributed by atoms with van der Waals surface area (Å²) in [6.45, 7) is 2.81. The Hall–Kier alpha value is -1.75. The van der Waals surface area contributed by atoms with Crippen LogP contribution in [0.4, 0.5) is 0 Å². The van der Waals surface area contributed by atoms with Crippen LogP contribution in [-0.4, -0.2) is 50.5 Å². The molecule has 0 bridgehead atoms. The molecule has 0 unspecified atom stereocenters. The predicted octanol–water partition coefficient (Wildman–Crippen LogP) is 3.19. The molecule has 0 aromatic heterocycles. The molecule has 2 aliphatic rings. The lowest BCUT2D eigenvalue weighted by molar-refractivity contribution is -0.121. The van der Waals surface area contributed by atoms with E-state index in [1.807, 2.05) is 19.2 Å². The van der Waals surface area contributed by atoms with Gasteiger partial charge in [-0.05, 0) is 49.3 Å². The highest BCUT2D eigenvalue weighted by Gasteiger charge is 2.39. The van der Waals surface area contributed by atoms with Crippen molar-refractivity contribution >= 4 is 23.5 Å². The fraction of sp³-hybridized carbons (Fsp3) is 0.619. The molecule has 0 atom stereocenters. The molecule has 1 heterocycles. The van der Waals surface area contributed by atoms with Crippen molar-refractivity contribution in [3.63, 3.8) is 0 Å². The first-order chi connectivity index (χ1) is 13.1. The van der Waals surface area contributed by atoms with Crippen LogP contribution in [0.5, 0.6) is 0 Å². The number of aliphatic imine (C=N–C) groups is 1. The number of piperidine rings is 1. The highest BCUT2D eigenvalue weighted by molar-refractivity contribution is 6.30. The first-order valence-corrected chi connectivity index (χ1v) is 10.4. The molecule has 148 valence electrons. The minimum atomic E-state index is 0.144. The molecule has 3 rings (SSSR count). The van der Waals surface area contributed by atoms with Crippen LogP contribution in [-0.2, 0) is 10.2 Å². The van der Waals surface area contributed by atoms with Gasteiger partial charge < -0.3 is 15.5 Å². The summed E-state index contributed by atoms with van der Waals surface area (Å²) >= 11 is 6.06. The van der Waals surface area contributed by atoms with E-state index in [-0.39, 0.29) is 11.3 Å². The van der Waals surface area contributed by atoms with Gasteiger partial charge in [-0.3, -0.25) is 9.79 Å². The van der Waals surface area contributed by atoms with Gasteiger partial charge in [0.2, 0.25) is 5.91 Å². The normalized spacial score (nSPS) is 20.1. The lowest BCUT2D eigenvalue weighted by atomic mass is 9.64. The van der Waals surface area contributed by atoms with Crippen molar-refractivity contribution in [2.24, 2.45) is 10.9 Å². The minimum Gasteiger partial charge on any atom is -0.359 e. The summed E-state index contributed by atoms with van der Waals surface area (Å²) in [5.41, 5.74) is 1.56. The Balaban J connectivity index is 1.55. The Labute approximate surface area is 167 Å². The first-order valence-electron chi connectivity index (χ1n) is 9.98. The number of carbonyl (C=O) groups is 1. The second kappa shape index (κ2) is 8.96. The Bertz CT molecular complexity index is 661. The third-order valence-corrected chi connectivity index (χ3v) is 6.48. The van der Waals surface area contributed by atoms with Crippen LogP contribution in [0, 0.1) is 5.92 Å². The van der Waals surface area contributed by atoms with Gasteiger partial charge in [-0.2, -0.15) is 0 Å². The van der Waals surface area contributed by atoms with E-state index in [4.69, 9.17) is 11.6 Å². The zero-order valence-electron chi connectivity index (χ0n) is 16.4. The van der Waals surface area contributed by atoms with Crippen LogP contribution in [0.3, 0.4) is 0 Å². The SMILES string of the molecule is CN=C(NCC1(c2ccc(Cl)cc2)CCC1)N1CCC(CC(=O)NC)CC1. The largest absolute Gasteiger partial charge is 0.359 e. The van der Waals surface area contributed by atoms with Crippen LogP contribution in [0.15, 0.2) is 29.3 Å². The highest BCUT2D eigenvalue weighted by Crippen LogP contribution is 2.43. The Morgan fingerprint density at radius 2 is 1.93 bits per heavy atom. The van der Waals surface area contributed by atoms with Gasteiger partial charge >= 0.3 is 0 Å². The van der Waals surface area contributed by atoms with Crippen LogP contribution >= 0.6 is 11.6 Å². The zero-order valence-corrected chi connectivity index (χ0v) is 17.2. The van der Waals surface area contributed by atoms with Gasteiger partial charge in [0.25, 0.3) is 0 Å². The lowest BCUT2D eigenvalue weighted by Crippen LogP contribution is -2.51. The van der Waals surface area contributed by atoms with Crippen molar-refractivity contribution < 1.29 is 4.79 Å². The molecule has 0 radical (unpaired) electrons. The van der Waals surface area contributed by atoms with Crippen LogP contribution in [0.1, 0.15) is 44.1 Å². The zero-order chi connectivity index (χ0) is 19.3. The minimum absolute atomic E-state index is 0.144. The molecule has 2 fully saturated rings. The molecule has 1 aromatic rings. The van der Waals surface area contributed by atoms with Gasteiger partial charge in [-0.25, -0.2) is 0 Å². The molecule has 1 amide bonds. The molecule has 5 nitrogen and oxygen atoms in total. The van der Waals surface area contributed by atoms with E-state index in [1.165, 1.54) is 24.8 Å². The van der Waals surface area contributed by atoms with E-state index in [0.29, 0.717) is 12.3 Å². The maximum absolute atomic E-state index is 11.6. The summed E-state index contributed by atoms with van der Waals surface area (Å²) in [7, 11) is 3.56. The predicted molar refractivity (Wildman–Crippen MR) is 111 cm³/mol. The number of nitrogens with one attached hydrogen (secondary N) is 2. The molecule has 1 saturated carbocycles. The first kappa shape index (κ1) is 20.0. The second-order valence-corrected chi connectivity index (χ2v) is 8.29. The number of hydrogen-bond acceptors (Lipinski definition) is 2. The van der Waals surface area contributed by atoms with Gasteiger partial charge in [-0.1, -0.05) is 30.2 Å².